The molecular weight excluding hydrogens is 250 g/mol. The number of aryl methyl sites for hydroxylation is 1. The number of nitrogens with one attached hydrogen (secondary N) is 1. The molecule has 1 heterocycles. The molecule has 0 saturated heterocycles. The van der Waals surface area contributed by atoms with Gasteiger partial charge in [-0.2, -0.15) is 0 Å². The number of imidazole rings is 1. The van der Waals surface area contributed by atoms with Crippen LogP contribution in [0.3, 0.4) is 0 Å². The van der Waals surface area contributed by atoms with Gasteiger partial charge in [0.2, 0.25) is 5.95 Å². The fourth-order valence-corrected chi connectivity index (χ4v) is 2.81. The molecule has 0 amide bonds. The molecular formula is C16H21N3O. The highest BCUT2D eigenvalue weighted by atomic mass is 16.5. The number of ether oxygens (including phenoxy) is 1. The van der Waals surface area contributed by atoms with Crippen LogP contribution in [-0.4, -0.2) is 29.8 Å². The van der Waals surface area contributed by atoms with Gasteiger partial charge in [0.05, 0.1) is 12.3 Å². The third kappa shape index (κ3) is 2.56. The van der Waals surface area contributed by atoms with Gasteiger partial charge in [-0.15, -0.1) is 0 Å². The molecule has 106 valence electrons. The molecule has 3 rings (SSSR count). The summed E-state index contributed by atoms with van der Waals surface area (Å²) in [4.78, 5) is 4.55. The first-order valence-corrected chi connectivity index (χ1v) is 7.12. The lowest BCUT2D eigenvalue weighted by Gasteiger charge is -2.30. The first kappa shape index (κ1) is 13.2. The van der Waals surface area contributed by atoms with Crippen LogP contribution in [0.2, 0.25) is 0 Å². The summed E-state index contributed by atoms with van der Waals surface area (Å²) in [5, 5.41) is 3.48. The van der Waals surface area contributed by atoms with Crippen LogP contribution in [0.4, 0.5) is 5.95 Å². The molecule has 0 spiro atoms. The second-order valence-corrected chi connectivity index (χ2v) is 5.37. The zero-order valence-electron chi connectivity index (χ0n) is 12.1. The second kappa shape index (κ2) is 5.67. The van der Waals surface area contributed by atoms with Gasteiger partial charge in [0.1, 0.15) is 0 Å². The van der Waals surface area contributed by atoms with E-state index in [-0.39, 0.29) is 0 Å². The molecule has 1 aliphatic rings. The van der Waals surface area contributed by atoms with Crippen LogP contribution in [0.15, 0.2) is 30.5 Å². The number of benzene rings is 1. The predicted molar refractivity (Wildman–Crippen MR) is 80.2 cm³/mol. The van der Waals surface area contributed by atoms with Gasteiger partial charge in [-0.25, -0.2) is 4.98 Å². The monoisotopic (exact) mass is 271 g/mol. The first-order valence-electron chi connectivity index (χ1n) is 7.12. The van der Waals surface area contributed by atoms with Crippen molar-refractivity contribution in [3.8, 4) is 0 Å². The maximum atomic E-state index is 5.14. The topological polar surface area (TPSA) is 39.1 Å². The summed E-state index contributed by atoms with van der Waals surface area (Å²) in [6.07, 6.45) is 3.23. The van der Waals surface area contributed by atoms with E-state index >= 15 is 0 Å². The van der Waals surface area contributed by atoms with Crippen molar-refractivity contribution in [2.45, 2.75) is 25.8 Å². The number of aromatic nitrogens is 2. The Morgan fingerprint density at radius 3 is 3.05 bits per heavy atom. The molecule has 1 atom stereocenters. The number of hydrogen-bond donors (Lipinski definition) is 1. The van der Waals surface area contributed by atoms with E-state index in [9.17, 15) is 0 Å². The van der Waals surface area contributed by atoms with Crippen molar-refractivity contribution >= 4 is 5.95 Å². The quantitative estimate of drug-likeness (QED) is 0.877. The average Bonchev–Trinajstić information content (AvgIpc) is 2.78. The van der Waals surface area contributed by atoms with Gasteiger partial charge in [-0.1, -0.05) is 24.3 Å². The van der Waals surface area contributed by atoms with Gasteiger partial charge in [-0.3, -0.25) is 0 Å². The highest BCUT2D eigenvalue weighted by molar-refractivity contribution is 5.42. The van der Waals surface area contributed by atoms with Crippen molar-refractivity contribution in [1.82, 2.24) is 9.55 Å². The molecule has 20 heavy (non-hydrogen) atoms. The fourth-order valence-electron chi connectivity index (χ4n) is 2.81. The lowest BCUT2D eigenvalue weighted by Crippen LogP contribution is -2.25. The minimum Gasteiger partial charge on any atom is -0.383 e. The number of anilines is 1. The van der Waals surface area contributed by atoms with Crippen molar-refractivity contribution in [2.75, 3.05) is 25.6 Å². The van der Waals surface area contributed by atoms with E-state index in [2.05, 4.69) is 45.3 Å². The minimum atomic E-state index is 0.610. The van der Waals surface area contributed by atoms with E-state index < -0.39 is 0 Å². The Kier molecular flexibility index (Phi) is 3.74. The summed E-state index contributed by atoms with van der Waals surface area (Å²) in [6, 6.07) is 8.68. The van der Waals surface area contributed by atoms with Gasteiger partial charge < -0.3 is 14.6 Å². The normalized spacial score (nSPS) is 16.6. The van der Waals surface area contributed by atoms with E-state index in [0.29, 0.717) is 12.5 Å². The number of hydrogen-bond acceptors (Lipinski definition) is 3. The van der Waals surface area contributed by atoms with Gasteiger partial charge in [0.15, 0.2) is 0 Å². The maximum Gasteiger partial charge on any atom is 0.203 e. The molecule has 1 aliphatic carbocycles. The molecule has 0 radical (unpaired) electrons. The van der Waals surface area contributed by atoms with Crippen molar-refractivity contribution in [3.05, 3.63) is 47.3 Å². The van der Waals surface area contributed by atoms with Gasteiger partial charge >= 0.3 is 0 Å². The Hall–Kier alpha value is -1.81. The SMILES string of the molecule is COCCn1cc(C)nc1NCC1Cc2ccccc21. The molecule has 0 fully saturated rings. The third-order valence-electron chi connectivity index (χ3n) is 3.90. The van der Waals surface area contributed by atoms with E-state index in [1.807, 2.05) is 6.92 Å². The number of methoxy groups -OCH3 is 1. The molecule has 4 nitrogen and oxygen atoms in total. The van der Waals surface area contributed by atoms with Gasteiger partial charge in [-0.05, 0) is 24.5 Å². The van der Waals surface area contributed by atoms with E-state index in [1.165, 1.54) is 17.5 Å². The van der Waals surface area contributed by atoms with Gasteiger partial charge in [0.25, 0.3) is 0 Å². The minimum absolute atomic E-state index is 0.610. The summed E-state index contributed by atoms with van der Waals surface area (Å²) < 4.78 is 7.27. The van der Waals surface area contributed by atoms with Crippen LogP contribution < -0.4 is 5.32 Å². The highest BCUT2D eigenvalue weighted by Crippen LogP contribution is 2.34. The standard InChI is InChI=1S/C16H21N3O/c1-12-11-19(7-8-20-2)16(18-12)17-10-14-9-13-5-3-4-6-15(13)14/h3-6,11,14H,7-10H2,1-2H3,(H,17,18). The first-order chi connectivity index (χ1) is 9.78. The molecule has 0 saturated carbocycles. The number of nitrogens with zero attached hydrogens (tertiary/aromatic N) is 2. The fraction of sp³-hybridized carbons (Fsp3) is 0.438. The van der Waals surface area contributed by atoms with Crippen LogP contribution in [0, 0.1) is 6.92 Å². The van der Waals surface area contributed by atoms with Crippen LogP contribution >= 0.6 is 0 Å². The molecule has 0 bridgehead atoms. The van der Waals surface area contributed by atoms with Crippen LogP contribution in [0.25, 0.3) is 0 Å². The molecule has 1 unspecified atom stereocenters. The van der Waals surface area contributed by atoms with Crippen LogP contribution in [0.5, 0.6) is 0 Å². The smallest absolute Gasteiger partial charge is 0.203 e. The summed E-state index contributed by atoms with van der Waals surface area (Å²) >= 11 is 0. The molecule has 2 aromatic rings. The van der Waals surface area contributed by atoms with Crippen molar-refractivity contribution < 1.29 is 4.74 Å². The predicted octanol–water partition coefficient (Wildman–Crippen LogP) is 2.59. The Bertz CT molecular complexity index is 591. The lowest BCUT2D eigenvalue weighted by atomic mass is 9.78. The van der Waals surface area contributed by atoms with Crippen molar-refractivity contribution in [1.29, 1.82) is 0 Å². The highest BCUT2D eigenvalue weighted by Gasteiger charge is 2.25. The van der Waals surface area contributed by atoms with E-state index in [0.717, 1.165) is 24.7 Å². The largest absolute Gasteiger partial charge is 0.383 e. The average molecular weight is 271 g/mol. The Morgan fingerprint density at radius 1 is 1.40 bits per heavy atom. The molecule has 1 aromatic carbocycles. The second-order valence-electron chi connectivity index (χ2n) is 5.37. The molecule has 1 aromatic heterocycles. The van der Waals surface area contributed by atoms with Crippen molar-refractivity contribution in [3.63, 3.8) is 0 Å². The Balaban J connectivity index is 1.62. The Morgan fingerprint density at radius 2 is 2.25 bits per heavy atom. The van der Waals surface area contributed by atoms with E-state index in [1.54, 1.807) is 7.11 Å². The zero-order chi connectivity index (χ0) is 13.9. The number of rotatable bonds is 6. The molecule has 1 N–H and O–H groups in total. The summed E-state index contributed by atoms with van der Waals surface area (Å²) in [5.74, 6) is 1.56. The lowest BCUT2D eigenvalue weighted by molar-refractivity contribution is 0.187. The molecule has 4 heteroatoms. The van der Waals surface area contributed by atoms with Crippen LogP contribution in [-0.2, 0) is 17.7 Å². The summed E-state index contributed by atoms with van der Waals surface area (Å²) in [6.45, 7) is 4.51. The summed E-state index contributed by atoms with van der Waals surface area (Å²) in [5.41, 5.74) is 4.00. The van der Waals surface area contributed by atoms with Crippen molar-refractivity contribution in [2.24, 2.45) is 0 Å². The van der Waals surface area contributed by atoms with Crippen LogP contribution in [0.1, 0.15) is 22.7 Å². The van der Waals surface area contributed by atoms with E-state index in [4.69, 9.17) is 4.74 Å². The summed E-state index contributed by atoms with van der Waals surface area (Å²) in [7, 11) is 1.72. The Labute approximate surface area is 119 Å². The number of fused-ring (bicyclic) bond motifs is 1. The zero-order valence-corrected chi connectivity index (χ0v) is 12.1. The molecule has 0 aliphatic heterocycles. The van der Waals surface area contributed by atoms with Gasteiger partial charge in [0, 0.05) is 32.3 Å². The maximum absolute atomic E-state index is 5.14. The third-order valence-corrected chi connectivity index (χ3v) is 3.90.